The molecule has 0 radical (unpaired) electrons. The van der Waals surface area contributed by atoms with Crippen LogP contribution in [0.4, 0.5) is 0 Å². The maximum Gasteiger partial charge on any atom is 1.00 e. The second-order valence-electron chi connectivity index (χ2n) is 1.53. The molecule has 2 N–H and O–H groups in total. The predicted molar refractivity (Wildman–Crippen MR) is 27.6 cm³/mol. The fourth-order valence-corrected chi connectivity index (χ4v) is 0.200. The van der Waals surface area contributed by atoms with Gasteiger partial charge in [-0.15, -0.1) is 0 Å². The molecule has 0 aromatic rings. The summed E-state index contributed by atoms with van der Waals surface area (Å²) in [5.41, 5.74) is 0. The van der Waals surface area contributed by atoms with Crippen molar-refractivity contribution in [2.75, 3.05) is 27.2 Å². The van der Waals surface area contributed by atoms with Crippen LogP contribution in [0, 0.1) is 0 Å². The van der Waals surface area contributed by atoms with Crippen molar-refractivity contribution in [3.8, 4) is 0 Å². The van der Waals surface area contributed by atoms with E-state index in [4.69, 9.17) is 5.11 Å². The first-order valence-corrected chi connectivity index (χ1v) is 2.03. The van der Waals surface area contributed by atoms with E-state index in [1.165, 1.54) is 0 Å². The molecule has 3 nitrogen and oxygen atoms in total. The van der Waals surface area contributed by atoms with Crippen LogP contribution in [0.5, 0.6) is 0 Å². The van der Waals surface area contributed by atoms with Gasteiger partial charge in [0.05, 0.1) is 6.61 Å². The number of aliphatic hydroxyl groups is 1. The van der Waals surface area contributed by atoms with E-state index < -0.39 is 0 Å². The van der Waals surface area contributed by atoms with Crippen molar-refractivity contribution in [1.29, 1.82) is 0 Å². The summed E-state index contributed by atoms with van der Waals surface area (Å²) in [4.78, 5) is 1.93. The Morgan fingerprint density at radius 3 is 1.75 bits per heavy atom. The zero-order chi connectivity index (χ0) is 4.99. The van der Waals surface area contributed by atoms with E-state index in [1.807, 2.05) is 19.0 Å². The zero-order valence-corrected chi connectivity index (χ0v) is 8.88. The first-order chi connectivity index (χ1) is 2.77. The van der Waals surface area contributed by atoms with Crippen LogP contribution in [0.3, 0.4) is 0 Å². The summed E-state index contributed by atoms with van der Waals surface area (Å²) in [6.07, 6.45) is 0. The van der Waals surface area contributed by atoms with Crippen molar-refractivity contribution < 1.29 is 62.0 Å². The van der Waals surface area contributed by atoms with Gasteiger partial charge in [-0.05, 0) is 14.1 Å². The summed E-state index contributed by atoms with van der Waals surface area (Å²) < 4.78 is 0. The van der Waals surface area contributed by atoms with Gasteiger partial charge in [0.1, 0.15) is 0 Å². The summed E-state index contributed by atoms with van der Waals surface area (Å²) in [5.74, 6) is 0. The summed E-state index contributed by atoms with van der Waals surface area (Å²) in [7, 11) is 3.85. The minimum atomic E-state index is 0. The minimum Gasteiger partial charge on any atom is -0.870 e. The van der Waals surface area contributed by atoms with Crippen LogP contribution < -0.4 is 51.4 Å². The maximum atomic E-state index is 8.20. The van der Waals surface area contributed by atoms with Crippen molar-refractivity contribution in [2.24, 2.45) is 0 Å². The molecule has 0 aliphatic rings. The molecule has 0 aliphatic heterocycles. The summed E-state index contributed by atoms with van der Waals surface area (Å²) >= 11 is 0. The third kappa shape index (κ3) is 15.6. The van der Waals surface area contributed by atoms with Gasteiger partial charge in [0.15, 0.2) is 0 Å². The van der Waals surface area contributed by atoms with Crippen LogP contribution in [-0.4, -0.2) is 42.7 Å². The summed E-state index contributed by atoms with van der Waals surface area (Å²) in [5, 5.41) is 8.20. The van der Waals surface area contributed by atoms with Crippen LogP contribution >= 0.6 is 0 Å². The van der Waals surface area contributed by atoms with Gasteiger partial charge in [-0.2, -0.15) is 0 Å². The van der Waals surface area contributed by atoms with Crippen molar-refractivity contribution >= 4 is 0 Å². The third-order valence-electron chi connectivity index (χ3n) is 0.547. The number of rotatable bonds is 2. The molecule has 0 bridgehead atoms. The second kappa shape index (κ2) is 11.3. The molecule has 0 heterocycles. The van der Waals surface area contributed by atoms with Gasteiger partial charge in [-0.25, -0.2) is 0 Å². The fraction of sp³-hybridized carbons (Fsp3) is 1.00. The van der Waals surface area contributed by atoms with E-state index in [9.17, 15) is 0 Å². The van der Waals surface area contributed by atoms with Crippen LogP contribution in [0.2, 0.25) is 0 Å². The van der Waals surface area contributed by atoms with E-state index in [1.54, 1.807) is 0 Å². The molecule has 46 valence electrons. The van der Waals surface area contributed by atoms with E-state index in [0.29, 0.717) is 0 Å². The van der Waals surface area contributed by atoms with Crippen molar-refractivity contribution in [3.63, 3.8) is 0 Å². The van der Waals surface area contributed by atoms with Crippen LogP contribution in [0.15, 0.2) is 0 Å². The number of likely N-dealkylation sites (N-methyl/N-ethyl adjacent to an activating group) is 1. The number of hydrogen-bond acceptors (Lipinski definition) is 3. The molecule has 0 unspecified atom stereocenters. The molecule has 0 aromatic heterocycles. The SMILES string of the molecule is CN(C)CCO.[K+].[OH-]. The standard InChI is InChI=1S/C4H11NO.K.H2O/c1-5(2)3-4-6;;/h6H,3-4H2,1-2H3;;1H2/q;+1;/p-1. The first-order valence-electron chi connectivity index (χ1n) is 2.03. The predicted octanol–water partition coefficient (Wildman–Crippen LogP) is -3.63. The Hall–Kier alpha value is 1.52. The normalized spacial score (nSPS) is 7.50. The monoisotopic (exact) mass is 145 g/mol. The van der Waals surface area contributed by atoms with E-state index in [-0.39, 0.29) is 63.5 Å². The van der Waals surface area contributed by atoms with Crippen LogP contribution in [0.1, 0.15) is 0 Å². The molecule has 0 aliphatic carbocycles. The Bertz CT molecular complexity index is 35.2. The summed E-state index contributed by atoms with van der Waals surface area (Å²) in [6.45, 7) is 1.02. The van der Waals surface area contributed by atoms with Gasteiger partial charge < -0.3 is 15.5 Å². The molecular formula is C4H12KNO2. The van der Waals surface area contributed by atoms with Gasteiger partial charge >= 0.3 is 51.4 Å². The van der Waals surface area contributed by atoms with Gasteiger partial charge in [0.25, 0.3) is 0 Å². The minimum absolute atomic E-state index is 0. The largest absolute Gasteiger partial charge is 1.00 e. The molecule has 0 saturated carbocycles. The Balaban J connectivity index is -0.000000125. The molecule has 0 fully saturated rings. The summed E-state index contributed by atoms with van der Waals surface area (Å²) in [6, 6.07) is 0. The maximum absolute atomic E-state index is 8.20. The Kier molecular flexibility index (Phi) is 23.0. The fourth-order valence-electron chi connectivity index (χ4n) is 0.200. The quantitative estimate of drug-likeness (QED) is 0.408. The molecule has 0 saturated heterocycles. The van der Waals surface area contributed by atoms with Gasteiger partial charge in [0.2, 0.25) is 0 Å². The van der Waals surface area contributed by atoms with Crippen molar-refractivity contribution in [1.82, 2.24) is 4.90 Å². The van der Waals surface area contributed by atoms with Gasteiger partial charge in [0, 0.05) is 6.54 Å². The second-order valence-corrected chi connectivity index (χ2v) is 1.53. The van der Waals surface area contributed by atoms with E-state index in [0.717, 1.165) is 6.54 Å². The molecule has 0 atom stereocenters. The molecular weight excluding hydrogens is 133 g/mol. The van der Waals surface area contributed by atoms with Crippen molar-refractivity contribution in [3.05, 3.63) is 0 Å². The third-order valence-corrected chi connectivity index (χ3v) is 0.547. The van der Waals surface area contributed by atoms with Gasteiger partial charge in [-0.1, -0.05) is 0 Å². The molecule has 0 aromatic carbocycles. The average molecular weight is 145 g/mol. The number of aliphatic hydroxyl groups excluding tert-OH is 1. The molecule has 0 spiro atoms. The molecule has 4 heteroatoms. The van der Waals surface area contributed by atoms with E-state index >= 15 is 0 Å². The Morgan fingerprint density at radius 2 is 1.75 bits per heavy atom. The number of nitrogens with zero attached hydrogens (tertiary/aromatic N) is 1. The molecule has 8 heavy (non-hydrogen) atoms. The van der Waals surface area contributed by atoms with Gasteiger partial charge in [-0.3, -0.25) is 0 Å². The Morgan fingerprint density at radius 1 is 1.38 bits per heavy atom. The van der Waals surface area contributed by atoms with Crippen LogP contribution in [-0.2, 0) is 0 Å². The number of hydrogen-bond donors (Lipinski definition) is 1. The molecule has 0 amide bonds. The average Bonchev–Trinajstić information content (AvgIpc) is 1.35. The van der Waals surface area contributed by atoms with Crippen LogP contribution in [0.25, 0.3) is 0 Å². The van der Waals surface area contributed by atoms with Crippen molar-refractivity contribution in [2.45, 2.75) is 0 Å². The molecule has 0 rings (SSSR count). The zero-order valence-electron chi connectivity index (χ0n) is 5.76. The first kappa shape index (κ1) is 16.3. The van der Waals surface area contributed by atoms with E-state index in [2.05, 4.69) is 0 Å². The Labute approximate surface area is 92.8 Å². The topological polar surface area (TPSA) is 53.5 Å². The smallest absolute Gasteiger partial charge is 0.870 e.